The molecule has 1 amide bonds. The highest BCUT2D eigenvalue weighted by Gasteiger charge is 2.26. The molecule has 7 heteroatoms. The number of hydrogen-bond donors (Lipinski definition) is 1. The molecule has 186 valence electrons. The molecule has 2 aliphatic heterocycles. The van der Waals surface area contributed by atoms with E-state index in [9.17, 15) is 19.6 Å². The van der Waals surface area contributed by atoms with E-state index >= 15 is 0 Å². The van der Waals surface area contributed by atoms with Gasteiger partial charge in [0.15, 0.2) is 0 Å². The number of hydrogen-bond acceptors (Lipinski definition) is 5. The summed E-state index contributed by atoms with van der Waals surface area (Å²) in [5.74, 6) is 0.888. The first-order valence-corrected chi connectivity index (χ1v) is 12.4. The van der Waals surface area contributed by atoms with Gasteiger partial charge in [-0.2, -0.15) is 5.26 Å². The van der Waals surface area contributed by atoms with Gasteiger partial charge in [0.1, 0.15) is 17.5 Å². The molecule has 2 saturated heterocycles. The summed E-state index contributed by atoms with van der Waals surface area (Å²) in [4.78, 5) is 16.4. The van der Waals surface area contributed by atoms with Crippen molar-refractivity contribution < 1.29 is 19.0 Å². The summed E-state index contributed by atoms with van der Waals surface area (Å²) in [5, 5.41) is 19.4. The van der Waals surface area contributed by atoms with Crippen LogP contribution in [0.25, 0.3) is 11.1 Å². The number of benzene rings is 2. The predicted octanol–water partition coefficient (Wildman–Crippen LogP) is 4.27. The van der Waals surface area contributed by atoms with Crippen LogP contribution in [-0.2, 0) is 0 Å². The number of halogens is 1. The molecule has 0 radical (unpaired) electrons. The van der Waals surface area contributed by atoms with Crippen molar-refractivity contribution in [2.45, 2.75) is 44.9 Å². The van der Waals surface area contributed by atoms with E-state index in [1.807, 2.05) is 30.3 Å². The summed E-state index contributed by atoms with van der Waals surface area (Å²) >= 11 is 0. The first kappa shape index (κ1) is 25.2. The first-order valence-electron chi connectivity index (χ1n) is 12.4. The summed E-state index contributed by atoms with van der Waals surface area (Å²) in [6.45, 7) is 6.91. The molecule has 0 unspecified atom stereocenters. The summed E-state index contributed by atoms with van der Waals surface area (Å²) in [5.41, 5.74) is 1.68. The average Bonchev–Trinajstić information content (AvgIpc) is 3.28. The number of piperidine rings is 1. The Hall–Kier alpha value is -2.95. The molecule has 0 spiro atoms. The van der Waals surface area contributed by atoms with Crippen LogP contribution >= 0.6 is 0 Å². The van der Waals surface area contributed by atoms with Crippen molar-refractivity contribution in [3.05, 3.63) is 53.6 Å². The number of likely N-dealkylation sites (tertiary alicyclic amines) is 2. The van der Waals surface area contributed by atoms with Crippen molar-refractivity contribution in [1.29, 1.82) is 5.26 Å². The number of β-amino-alcohol motifs (C(OH)–C–C–N with tert-alkyl or cyclic N) is 1. The van der Waals surface area contributed by atoms with Crippen LogP contribution in [0.2, 0.25) is 0 Å². The van der Waals surface area contributed by atoms with Crippen LogP contribution in [-0.4, -0.2) is 71.9 Å². The van der Waals surface area contributed by atoms with Crippen LogP contribution in [0, 0.1) is 17.2 Å². The fourth-order valence-electron chi connectivity index (χ4n) is 4.89. The quantitative estimate of drug-likeness (QED) is 0.642. The maximum Gasteiger partial charge on any atom is 0.253 e. The Kier molecular flexibility index (Phi) is 7.73. The van der Waals surface area contributed by atoms with E-state index in [1.54, 1.807) is 30.9 Å². The minimum atomic E-state index is -1.18. The van der Waals surface area contributed by atoms with Gasteiger partial charge in [-0.25, -0.2) is 4.39 Å². The number of nitrogens with zero attached hydrogens (tertiary/aromatic N) is 3. The number of nitriles is 1. The number of aliphatic hydroxyl groups excluding tert-OH is 1. The Bertz CT molecular complexity index is 1070. The molecule has 0 aromatic heterocycles. The Labute approximate surface area is 206 Å². The van der Waals surface area contributed by atoms with E-state index in [-0.39, 0.29) is 5.91 Å². The van der Waals surface area contributed by atoms with Crippen LogP contribution in [0.3, 0.4) is 0 Å². The Morgan fingerprint density at radius 2 is 1.80 bits per heavy atom. The van der Waals surface area contributed by atoms with Gasteiger partial charge in [-0.3, -0.25) is 4.79 Å². The smallest absolute Gasteiger partial charge is 0.253 e. The fraction of sp³-hybridized carbons (Fsp3) is 0.500. The van der Waals surface area contributed by atoms with Crippen molar-refractivity contribution in [3.63, 3.8) is 0 Å². The summed E-state index contributed by atoms with van der Waals surface area (Å²) < 4.78 is 19.9. The van der Waals surface area contributed by atoms with Gasteiger partial charge >= 0.3 is 0 Å². The van der Waals surface area contributed by atoms with Gasteiger partial charge in [-0.15, -0.1) is 0 Å². The maximum atomic E-state index is 13.9. The molecule has 0 bridgehead atoms. The predicted molar refractivity (Wildman–Crippen MR) is 133 cm³/mol. The molecule has 1 atom stereocenters. The van der Waals surface area contributed by atoms with Crippen molar-refractivity contribution in [1.82, 2.24) is 9.80 Å². The minimum Gasteiger partial charge on any atom is -0.492 e. The molecule has 2 aromatic rings. The van der Waals surface area contributed by atoms with E-state index in [4.69, 9.17) is 4.74 Å². The van der Waals surface area contributed by atoms with Gasteiger partial charge in [0.25, 0.3) is 5.91 Å². The van der Waals surface area contributed by atoms with Gasteiger partial charge in [-0.1, -0.05) is 18.2 Å². The molecule has 2 heterocycles. The molecule has 35 heavy (non-hydrogen) atoms. The van der Waals surface area contributed by atoms with E-state index in [0.29, 0.717) is 55.5 Å². The van der Waals surface area contributed by atoms with Gasteiger partial charge in [0.05, 0.1) is 18.3 Å². The van der Waals surface area contributed by atoms with Crippen molar-refractivity contribution in [2.75, 3.05) is 39.3 Å². The average molecular weight is 480 g/mol. The number of rotatable bonds is 7. The Balaban J connectivity index is 1.35. The number of aliphatic hydroxyl groups is 1. The van der Waals surface area contributed by atoms with Gasteiger partial charge in [0, 0.05) is 25.2 Å². The third kappa shape index (κ3) is 6.59. The molecular weight excluding hydrogens is 445 g/mol. The van der Waals surface area contributed by atoms with E-state index in [1.165, 1.54) is 0 Å². The molecular formula is C28H34FN3O3. The van der Waals surface area contributed by atoms with E-state index in [2.05, 4.69) is 11.0 Å². The zero-order chi connectivity index (χ0) is 25.0. The standard InChI is InChI=1S/C28H34FN3O3/c1-28(2,29)19-31-12-9-20(10-13-31)18-35-26-8-7-23(15-24(26)16-30)21-3-5-22(6-4-21)27(34)32-14-11-25(33)17-32/h3-8,15,20,25,33H,9-14,17-19H2,1-2H3/t25-/m0/s1. The van der Waals surface area contributed by atoms with Crippen LogP contribution < -0.4 is 4.74 Å². The molecule has 2 fully saturated rings. The summed E-state index contributed by atoms with van der Waals surface area (Å²) in [7, 11) is 0. The molecule has 4 rings (SSSR count). The third-order valence-corrected chi connectivity index (χ3v) is 6.80. The minimum absolute atomic E-state index is 0.0752. The zero-order valence-electron chi connectivity index (χ0n) is 20.5. The second kappa shape index (κ2) is 10.8. The van der Waals surface area contributed by atoms with Crippen molar-refractivity contribution in [3.8, 4) is 22.9 Å². The summed E-state index contributed by atoms with van der Waals surface area (Å²) in [6, 6.07) is 15.1. The molecule has 2 aliphatic rings. The highest BCUT2D eigenvalue weighted by molar-refractivity contribution is 5.95. The lowest BCUT2D eigenvalue weighted by atomic mass is 9.96. The first-order chi connectivity index (χ1) is 16.7. The lowest BCUT2D eigenvalue weighted by molar-refractivity contribution is 0.0765. The Morgan fingerprint density at radius 3 is 2.40 bits per heavy atom. The van der Waals surface area contributed by atoms with Crippen LogP contribution in [0.1, 0.15) is 49.0 Å². The Morgan fingerprint density at radius 1 is 1.11 bits per heavy atom. The summed E-state index contributed by atoms with van der Waals surface area (Å²) in [6.07, 6.45) is 2.09. The zero-order valence-corrected chi connectivity index (χ0v) is 20.5. The maximum absolute atomic E-state index is 13.9. The normalized spacial score (nSPS) is 19.5. The van der Waals surface area contributed by atoms with Gasteiger partial charge in [-0.05, 0) is 87.5 Å². The second-order valence-electron chi connectivity index (χ2n) is 10.3. The number of ether oxygens (including phenoxy) is 1. The molecule has 0 aliphatic carbocycles. The van der Waals surface area contributed by atoms with E-state index < -0.39 is 11.8 Å². The number of carbonyl (C=O) groups is 1. The number of amides is 1. The molecule has 1 N–H and O–H groups in total. The highest BCUT2D eigenvalue weighted by atomic mass is 19.1. The fourth-order valence-corrected chi connectivity index (χ4v) is 4.89. The number of carbonyl (C=O) groups excluding carboxylic acids is 1. The van der Waals surface area contributed by atoms with Gasteiger partial charge < -0.3 is 19.6 Å². The lowest BCUT2D eigenvalue weighted by Crippen LogP contribution is -2.41. The SMILES string of the molecule is CC(C)(F)CN1CCC(COc2ccc(-c3ccc(C(=O)N4CC[C@H](O)C4)cc3)cc2C#N)CC1. The molecule has 2 aromatic carbocycles. The lowest BCUT2D eigenvalue weighted by Gasteiger charge is -2.34. The molecule has 6 nitrogen and oxygen atoms in total. The topological polar surface area (TPSA) is 76.8 Å². The van der Waals surface area contributed by atoms with Crippen molar-refractivity contribution in [2.24, 2.45) is 5.92 Å². The monoisotopic (exact) mass is 479 g/mol. The molecule has 0 saturated carbocycles. The number of alkyl halides is 1. The second-order valence-corrected chi connectivity index (χ2v) is 10.3. The van der Waals surface area contributed by atoms with E-state index in [0.717, 1.165) is 37.1 Å². The van der Waals surface area contributed by atoms with Gasteiger partial charge in [0.2, 0.25) is 0 Å². The highest BCUT2D eigenvalue weighted by Crippen LogP contribution is 2.28. The van der Waals surface area contributed by atoms with Crippen molar-refractivity contribution >= 4 is 5.91 Å². The van der Waals surface area contributed by atoms with Crippen LogP contribution in [0.5, 0.6) is 5.75 Å². The third-order valence-electron chi connectivity index (χ3n) is 6.80. The van der Waals surface area contributed by atoms with Crippen LogP contribution in [0.4, 0.5) is 4.39 Å². The van der Waals surface area contributed by atoms with Crippen LogP contribution in [0.15, 0.2) is 42.5 Å². The largest absolute Gasteiger partial charge is 0.492 e.